The van der Waals surface area contributed by atoms with Gasteiger partial charge in [-0.3, -0.25) is 9.79 Å². The van der Waals surface area contributed by atoms with Crippen molar-refractivity contribution in [2.24, 2.45) is 4.99 Å². The topological polar surface area (TPSA) is 74.2 Å². The molecule has 0 radical (unpaired) electrons. The predicted molar refractivity (Wildman–Crippen MR) is 132 cm³/mol. The summed E-state index contributed by atoms with van der Waals surface area (Å²) in [6.45, 7) is 4.23. The van der Waals surface area contributed by atoms with Crippen molar-refractivity contribution in [3.05, 3.63) is 70.7 Å². The van der Waals surface area contributed by atoms with Crippen molar-refractivity contribution in [3.63, 3.8) is 0 Å². The Bertz CT molecular complexity index is 918. The number of nitrogens with one attached hydrogen (secondary N) is 1. The van der Waals surface area contributed by atoms with Gasteiger partial charge in [0.15, 0.2) is 11.7 Å². The third-order valence-electron chi connectivity index (χ3n) is 5.03. The molecule has 4 heterocycles. The maximum Gasteiger partial charge on any atom is 0.289 e. The van der Waals surface area contributed by atoms with Gasteiger partial charge in [-0.1, -0.05) is 6.07 Å². The van der Waals surface area contributed by atoms with E-state index in [1.165, 1.54) is 11.1 Å². The molecule has 0 aliphatic carbocycles. The smallest absolute Gasteiger partial charge is 0.289 e. The lowest BCUT2D eigenvalue weighted by molar-refractivity contribution is 0.0657. The second kappa shape index (κ2) is 11.9. The van der Waals surface area contributed by atoms with E-state index in [0.717, 1.165) is 50.7 Å². The number of carbonyl (C=O) groups excluding carboxylic acids is 1. The molecule has 3 aromatic heterocycles. The van der Waals surface area contributed by atoms with Crippen molar-refractivity contribution in [1.82, 2.24) is 15.1 Å². The van der Waals surface area contributed by atoms with Gasteiger partial charge < -0.3 is 24.0 Å². The number of halogens is 1. The predicted octanol–water partition coefficient (Wildman–Crippen LogP) is 3.74. The monoisotopic (exact) mass is 554 g/mol. The lowest BCUT2D eigenvalue weighted by Crippen LogP contribution is -2.54. The summed E-state index contributed by atoms with van der Waals surface area (Å²) in [7, 11) is 0. The highest BCUT2D eigenvalue weighted by Gasteiger charge is 2.25. The number of nitrogens with zero attached hydrogens (tertiary/aromatic N) is 3. The number of thiophene rings is 1. The van der Waals surface area contributed by atoms with Crippen molar-refractivity contribution in [3.8, 4) is 0 Å². The Kier molecular flexibility index (Phi) is 9.01. The fourth-order valence-corrected chi connectivity index (χ4v) is 4.12. The Morgan fingerprint density at radius 1 is 1.00 bits per heavy atom. The average Bonchev–Trinajstić information content (AvgIpc) is 3.56. The molecule has 1 saturated heterocycles. The molecule has 1 aliphatic rings. The van der Waals surface area contributed by atoms with Gasteiger partial charge >= 0.3 is 0 Å². The van der Waals surface area contributed by atoms with Crippen molar-refractivity contribution >= 4 is 47.2 Å². The van der Waals surface area contributed by atoms with Crippen LogP contribution in [0.4, 0.5) is 0 Å². The summed E-state index contributed by atoms with van der Waals surface area (Å²) in [5, 5.41) is 5.57. The van der Waals surface area contributed by atoms with Gasteiger partial charge in [0.05, 0.1) is 12.5 Å². The minimum atomic E-state index is -0.0541. The zero-order chi connectivity index (χ0) is 20.6. The average molecular weight is 554 g/mol. The van der Waals surface area contributed by atoms with Crippen LogP contribution in [0.1, 0.15) is 21.2 Å². The molecule has 1 fully saturated rings. The first-order valence-corrected chi connectivity index (χ1v) is 11.1. The third kappa shape index (κ3) is 6.60. The van der Waals surface area contributed by atoms with E-state index in [-0.39, 0.29) is 29.9 Å². The molecule has 0 bridgehead atoms. The van der Waals surface area contributed by atoms with Gasteiger partial charge in [0.2, 0.25) is 0 Å². The van der Waals surface area contributed by atoms with Crippen LogP contribution < -0.4 is 5.32 Å². The fourth-order valence-electron chi connectivity index (χ4n) is 3.42. The number of guanidine groups is 1. The van der Waals surface area contributed by atoms with E-state index < -0.39 is 0 Å². The number of carbonyl (C=O) groups is 1. The minimum absolute atomic E-state index is 0. The van der Waals surface area contributed by atoms with Crippen LogP contribution in [-0.2, 0) is 12.8 Å². The Morgan fingerprint density at radius 2 is 1.77 bits per heavy atom. The highest BCUT2D eigenvalue weighted by molar-refractivity contribution is 14.0. The maximum atomic E-state index is 12.5. The van der Waals surface area contributed by atoms with Gasteiger partial charge in [-0.15, -0.1) is 35.3 Å². The molecule has 7 nitrogen and oxygen atoms in total. The van der Waals surface area contributed by atoms with Crippen molar-refractivity contribution < 1.29 is 13.6 Å². The molecule has 31 heavy (non-hydrogen) atoms. The number of piperazine rings is 1. The van der Waals surface area contributed by atoms with Crippen LogP contribution in [0.5, 0.6) is 0 Å². The van der Waals surface area contributed by atoms with Gasteiger partial charge in [0, 0.05) is 57.0 Å². The second-order valence-electron chi connectivity index (χ2n) is 7.05. The second-order valence-corrected chi connectivity index (χ2v) is 8.08. The van der Waals surface area contributed by atoms with Gasteiger partial charge in [-0.2, -0.15) is 0 Å². The Balaban J connectivity index is 0.00000272. The molecule has 4 rings (SSSR count). The zero-order valence-electron chi connectivity index (χ0n) is 17.2. The van der Waals surface area contributed by atoms with Crippen LogP contribution >= 0.6 is 35.3 Å². The molecule has 3 aromatic rings. The van der Waals surface area contributed by atoms with Crippen molar-refractivity contribution in [1.29, 1.82) is 0 Å². The molecule has 166 valence electrons. The van der Waals surface area contributed by atoms with Gasteiger partial charge in [0.25, 0.3) is 5.91 Å². The lowest BCUT2D eigenvalue weighted by Gasteiger charge is -2.36. The number of amides is 1. The summed E-state index contributed by atoms with van der Waals surface area (Å²) >= 11 is 1.76. The van der Waals surface area contributed by atoms with Crippen molar-refractivity contribution in [2.45, 2.75) is 12.8 Å². The molecular formula is C22H27IN4O3S. The Morgan fingerprint density at radius 3 is 2.45 bits per heavy atom. The summed E-state index contributed by atoms with van der Waals surface area (Å²) in [6, 6.07) is 11.5. The standard InChI is InChI=1S/C22H26N4O3S.HI/c27-21(20-6-2-16-29-20)25-11-13-26(14-12-25)22(23-9-7-18-4-1-15-28-18)24-10-8-19-5-3-17-30-19;/h1-6,15-17H,7-14H2,(H,23,24);1H. The van der Waals surface area contributed by atoms with Crippen LogP contribution in [-0.4, -0.2) is 60.9 Å². The molecule has 0 atom stereocenters. The van der Waals surface area contributed by atoms with E-state index in [0.29, 0.717) is 18.8 Å². The molecule has 0 unspecified atom stereocenters. The molecule has 0 spiro atoms. The quantitative estimate of drug-likeness (QED) is 0.274. The van der Waals surface area contributed by atoms with E-state index in [9.17, 15) is 4.79 Å². The molecule has 1 amide bonds. The molecule has 1 aliphatic heterocycles. The first-order chi connectivity index (χ1) is 14.8. The summed E-state index contributed by atoms with van der Waals surface area (Å²) in [4.78, 5) is 22.7. The third-order valence-corrected chi connectivity index (χ3v) is 5.97. The van der Waals surface area contributed by atoms with Crippen LogP contribution in [0.2, 0.25) is 0 Å². The summed E-state index contributed by atoms with van der Waals surface area (Å²) in [6.07, 6.45) is 4.96. The van der Waals surface area contributed by atoms with Gasteiger partial charge in [-0.25, -0.2) is 0 Å². The number of hydrogen-bond acceptors (Lipinski definition) is 5. The van der Waals surface area contributed by atoms with E-state index in [1.807, 2.05) is 17.0 Å². The van der Waals surface area contributed by atoms with Crippen molar-refractivity contribution in [2.75, 3.05) is 39.3 Å². The van der Waals surface area contributed by atoms with Crippen LogP contribution in [0.3, 0.4) is 0 Å². The number of hydrogen-bond donors (Lipinski definition) is 1. The summed E-state index contributed by atoms with van der Waals surface area (Å²) in [5.41, 5.74) is 0. The van der Waals surface area contributed by atoms with Gasteiger partial charge in [-0.05, 0) is 35.7 Å². The van der Waals surface area contributed by atoms with Crippen LogP contribution in [0, 0.1) is 0 Å². The lowest BCUT2D eigenvalue weighted by atomic mass is 10.3. The van der Waals surface area contributed by atoms with E-state index in [2.05, 4.69) is 27.7 Å². The highest BCUT2D eigenvalue weighted by atomic mass is 127. The van der Waals surface area contributed by atoms with E-state index in [4.69, 9.17) is 13.8 Å². The molecule has 9 heteroatoms. The van der Waals surface area contributed by atoms with Gasteiger partial charge in [0.1, 0.15) is 5.76 Å². The SMILES string of the molecule is I.O=C(c1ccco1)N1CCN(C(=NCCc2cccs2)NCCc2ccco2)CC1. The number of rotatable bonds is 7. The van der Waals surface area contributed by atoms with Crippen LogP contribution in [0.25, 0.3) is 0 Å². The summed E-state index contributed by atoms with van der Waals surface area (Å²) in [5.74, 6) is 2.18. The fraction of sp³-hybridized carbons (Fsp3) is 0.364. The highest BCUT2D eigenvalue weighted by Crippen LogP contribution is 2.11. The first-order valence-electron chi connectivity index (χ1n) is 10.2. The molecule has 1 N–H and O–H groups in total. The Labute approximate surface area is 203 Å². The van der Waals surface area contributed by atoms with E-state index >= 15 is 0 Å². The van der Waals surface area contributed by atoms with E-state index in [1.54, 1.807) is 29.7 Å². The molecule has 0 aromatic carbocycles. The van der Waals surface area contributed by atoms with Crippen LogP contribution in [0.15, 0.2) is 68.1 Å². The maximum absolute atomic E-state index is 12.5. The molecular weight excluding hydrogens is 527 g/mol. The first kappa shape index (κ1) is 23.4. The number of furan rings is 2. The summed E-state index contributed by atoms with van der Waals surface area (Å²) < 4.78 is 10.7. The Hall–Kier alpha value is -2.27. The minimum Gasteiger partial charge on any atom is -0.469 e. The number of aliphatic imine (C=N–C) groups is 1. The zero-order valence-corrected chi connectivity index (χ0v) is 20.4. The molecule has 0 saturated carbocycles. The largest absolute Gasteiger partial charge is 0.469 e. The normalized spacial score (nSPS) is 14.4.